The van der Waals surface area contributed by atoms with E-state index in [0.717, 1.165) is 17.4 Å². The summed E-state index contributed by atoms with van der Waals surface area (Å²) in [5, 5.41) is 3.51. The standard InChI is InChI=1S/C16H21N3O/c1-11-10-19(16(17-11)18-14-6-7-14)12(2)13-4-8-15(20-3)9-5-13/h4-5,8-10,12,14H,6-7H2,1-3H3,(H,17,18). The van der Waals surface area contributed by atoms with Crippen molar-refractivity contribution in [3.63, 3.8) is 0 Å². The van der Waals surface area contributed by atoms with Crippen LogP contribution in [0, 0.1) is 6.92 Å². The highest BCUT2D eigenvalue weighted by atomic mass is 16.5. The summed E-state index contributed by atoms with van der Waals surface area (Å²) in [6.45, 7) is 4.23. The van der Waals surface area contributed by atoms with E-state index in [0.29, 0.717) is 6.04 Å². The van der Waals surface area contributed by atoms with Gasteiger partial charge in [-0.3, -0.25) is 0 Å². The first kappa shape index (κ1) is 13.0. The zero-order valence-corrected chi connectivity index (χ0v) is 12.3. The molecule has 1 aromatic heterocycles. The molecular formula is C16H21N3O. The Labute approximate surface area is 119 Å². The lowest BCUT2D eigenvalue weighted by atomic mass is 10.1. The number of nitrogens with zero attached hydrogens (tertiary/aromatic N) is 2. The Balaban J connectivity index is 1.86. The van der Waals surface area contributed by atoms with Gasteiger partial charge in [0.05, 0.1) is 18.8 Å². The minimum Gasteiger partial charge on any atom is -0.497 e. The van der Waals surface area contributed by atoms with E-state index in [4.69, 9.17) is 4.74 Å². The monoisotopic (exact) mass is 271 g/mol. The molecule has 0 aliphatic heterocycles. The van der Waals surface area contributed by atoms with Crippen molar-refractivity contribution >= 4 is 5.95 Å². The third-order valence-electron chi connectivity index (χ3n) is 3.78. The Hall–Kier alpha value is -1.97. The molecular weight excluding hydrogens is 250 g/mol. The van der Waals surface area contributed by atoms with E-state index in [1.807, 2.05) is 19.1 Å². The summed E-state index contributed by atoms with van der Waals surface area (Å²) in [4.78, 5) is 4.60. The van der Waals surface area contributed by atoms with Gasteiger partial charge < -0.3 is 14.6 Å². The molecule has 3 rings (SSSR count). The minimum absolute atomic E-state index is 0.253. The van der Waals surface area contributed by atoms with Gasteiger partial charge in [0, 0.05) is 12.2 Å². The number of aryl methyl sites for hydroxylation is 1. The molecule has 0 radical (unpaired) electrons. The predicted octanol–water partition coefficient (Wildman–Crippen LogP) is 3.38. The first-order valence-corrected chi connectivity index (χ1v) is 7.13. The van der Waals surface area contributed by atoms with E-state index in [1.165, 1.54) is 18.4 Å². The lowest BCUT2D eigenvalue weighted by Crippen LogP contribution is -2.12. The number of imidazole rings is 1. The normalized spacial score (nSPS) is 15.9. The maximum atomic E-state index is 5.21. The van der Waals surface area contributed by atoms with Crippen LogP contribution in [0.1, 0.15) is 37.1 Å². The maximum absolute atomic E-state index is 5.21. The fourth-order valence-electron chi connectivity index (χ4n) is 2.37. The Morgan fingerprint density at radius 1 is 1.30 bits per heavy atom. The molecule has 1 fully saturated rings. The van der Waals surface area contributed by atoms with Crippen molar-refractivity contribution in [3.05, 3.63) is 41.7 Å². The minimum atomic E-state index is 0.253. The number of hydrogen-bond donors (Lipinski definition) is 1. The van der Waals surface area contributed by atoms with E-state index in [2.05, 4.69) is 40.1 Å². The van der Waals surface area contributed by atoms with Crippen LogP contribution in [0.25, 0.3) is 0 Å². The molecule has 4 nitrogen and oxygen atoms in total. The smallest absolute Gasteiger partial charge is 0.203 e. The highest BCUT2D eigenvalue weighted by molar-refractivity contribution is 5.36. The molecule has 1 saturated carbocycles. The summed E-state index contributed by atoms with van der Waals surface area (Å²) in [5.74, 6) is 1.87. The van der Waals surface area contributed by atoms with Crippen LogP contribution in [0.4, 0.5) is 5.95 Å². The van der Waals surface area contributed by atoms with Crippen LogP contribution >= 0.6 is 0 Å². The summed E-state index contributed by atoms with van der Waals surface area (Å²) < 4.78 is 7.43. The highest BCUT2D eigenvalue weighted by Gasteiger charge is 2.24. The number of ether oxygens (including phenoxy) is 1. The molecule has 0 bridgehead atoms. The van der Waals surface area contributed by atoms with Crippen LogP contribution in [0.3, 0.4) is 0 Å². The second kappa shape index (κ2) is 5.19. The van der Waals surface area contributed by atoms with Crippen molar-refractivity contribution in [1.82, 2.24) is 9.55 Å². The van der Waals surface area contributed by atoms with Crippen molar-refractivity contribution in [2.75, 3.05) is 12.4 Å². The van der Waals surface area contributed by atoms with Crippen LogP contribution in [0.2, 0.25) is 0 Å². The van der Waals surface area contributed by atoms with Gasteiger partial charge in [-0.25, -0.2) is 4.98 Å². The number of methoxy groups -OCH3 is 1. The first-order chi connectivity index (χ1) is 9.67. The van der Waals surface area contributed by atoms with Gasteiger partial charge in [0.25, 0.3) is 0 Å². The van der Waals surface area contributed by atoms with Gasteiger partial charge in [0.1, 0.15) is 5.75 Å². The van der Waals surface area contributed by atoms with Crippen LogP contribution in [-0.2, 0) is 0 Å². The number of hydrogen-bond acceptors (Lipinski definition) is 3. The summed E-state index contributed by atoms with van der Waals surface area (Å²) >= 11 is 0. The largest absolute Gasteiger partial charge is 0.497 e. The van der Waals surface area contributed by atoms with Crippen molar-refractivity contribution < 1.29 is 4.74 Å². The Morgan fingerprint density at radius 2 is 2.00 bits per heavy atom. The summed E-state index contributed by atoms with van der Waals surface area (Å²) in [6.07, 6.45) is 4.62. The molecule has 106 valence electrons. The number of rotatable bonds is 5. The highest BCUT2D eigenvalue weighted by Crippen LogP contribution is 2.28. The summed E-state index contributed by atoms with van der Waals surface area (Å²) in [6, 6.07) is 9.09. The fraction of sp³-hybridized carbons (Fsp3) is 0.438. The third-order valence-corrected chi connectivity index (χ3v) is 3.78. The molecule has 1 atom stereocenters. The van der Waals surface area contributed by atoms with Gasteiger partial charge in [-0.2, -0.15) is 0 Å². The van der Waals surface area contributed by atoms with Gasteiger partial charge in [0.15, 0.2) is 0 Å². The Kier molecular flexibility index (Phi) is 3.38. The van der Waals surface area contributed by atoms with Crippen LogP contribution < -0.4 is 10.1 Å². The van der Waals surface area contributed by atoms with E-state index in [9.17, 15) is 0 Å². The topological polar surface area (TPSA) is 39.1 Å². The van der Waals surface area contributed by atoms with Crippen molar-refractivity contribution in [3.8, 4) is 5.75 Å². The third kappa shape index (κ3) is 2.64. The van der Waals surface area contributed by atoms with Gasteiger partial charge in [-0.05, 0) is 44.4 Å². The van der Waals surface area contributed by atoms with Crippen LogP contribution in [0.15, 0.2) is 30.5 Å². The Bertz CT molecular complexity index is 584. The molecule has 20 heavy (non-hydrogen) atoms. The second-order valence-electron chi connectivity index (χ2n) is 5.48. The van der Waals surface area contributed by atoms with E-state index in [-0.39, 0.29) is 6.04 Å². The quantitative estimate of drug-likeness (QED) is 0.906. The van der Waals surface area contributed by atoms with E-state index in [1.54, 1.807) is 7.11 Å². The van der Waals surface area contributed by atoms with E-state index < -0.39 is 0 Å². The molecule has 1 unspecified atom stereocenters. The van der Waals surface area contributed by atoms with E-state index >= 15 is 0 Å². The molecule has 4 heteroatoms. The predicted molar refractivity (Wildman–Crippen MR) is 80.4 cm³/mol. The summed E-state index contributed by atoms with van der Waals surface area (Å²) in [5.41, 5.74) is 2.30. The summed E-state index contributed by atoms with van der Waals surface area (Å²) in [7, 11) is 1.69. The fourth-order valence-corrected chi connectivity index (χ4v) is 2.37. The van der Waals surface area contributed by atoms with Crippen molar-refractivity contribution in [2.45, 2.75) is 38.8 Å². The molecule has 2 aromatic rings. The molecule has 1 N–H and O–H groups in total. The average molecular weight is 271 g/mol. The van der Waals surface area contributed by atoms with Gasteiger partial charge >= 0.3 is 0 Å². The number of benzene rings is 1. The zero-order valence-electron chi connectivity index (χ0n) is 12.3. The molecule has 0 spiro atoms. The van der Waals surface area contributed by atoms with Gasteiger partial charge in [0.2, 0.25) is 5.95 Å². The number of aromatic nitrogens is 2. The zero-order chi connectivity index (χ0) is 14.1. The average Bonchev–Trinajstić information content (AvgIpc) is 3.20. The van der Waals surface area contributed by atoms with Crippen molar-refractivity contribution in [2.24, 2.45) is 0 Å². The molecule has 0 amide bonds. The number of nitrogens with one attached hydrogen (secondary N) is 1. The van der Waals surface area contributed by atoms with Crippen LogP contribution in [-0.4, -0.2) is 22.7 Å². The van der Waals surface area contributed by atoms with Crippen molar-refractivity contribution in [1.29, 1.82) is 0 Å². The second-order valence-corrected chi connectivity index (χ2v) is 5.48. The molecule has 1 aromatic carbocycles. The maximum Gasteiger partial charge on any atom is 0.203 e. The SMILES string of the molecule is COc1ccc(C(C)n2cc(C)nc2NC2CC2)cc1. The molecule has 0 saturated heterocycles. The van der Waals surface area contributed by atoms with Gasteiger partial charge in [-0.1, -0.05) is 12.1 Å². The first-order valence-electron chi connectivity index (χ1n) is 7.13. The molecule has 1 aliphatic carbocycles. The Morgan fingerprint density at radius 3 is 2.60 bits per heavy atom. The molecule has 1 aliphatic rings. The van der Waals surface area contributed by atoms with Gasteiger partial charge in [-0.15, -0.1) is 0 Å². The lowest BCUT2D eigenvalue weighted by Gasteiger charge is -2.17. The lowest BCUT2D eigenvalue weighted by molar-refractivity contribution is 0.414. The molecule has 1 heterocycles. The van der Waals surface area contributed by atoms with Crippen LogP contribution in [0.5, 0.6) is 5.75 Å². The number of anilines is 1.